The van der Waals surface area contributed by atoms with E-state index in [0.717, 1.165) is 6.42 Å². The van der Waals surface area contributed by atoms with Crippen LogP contribution in [-0.4, -0.2) is 51.6 Å². The minimum Gasteiger partial charge on any atom is -0.474 e. The zero-order valence-corrected chi connectivity index (χ0v) is 12.3. The Morgan fingerprint density at radius 3 is 2.95 bits per heavy atom. The van der Waals surface area contributed by atoms with E-state index >= 15 is 0 Å². The molecule has 0 aliphatic heterocycles. The molecule has 2 atom stereocenters. The van der Waals surface area contributed by atoms with Crippen molar-refractivity contribution < 1.29 is 14.6 Å². The number of nitrogen functional groups attached to an aromatic ring is 1. The molecule has 8 heteroatoms. The number of nitrogens with zero attached hydrogens (tertiary/aromatic N) is 4. The zero-order chi connectivity index (χ0) is 15.5. The number of anilines is 1. The fraction of sp³-hybridized carbons (Fsp3) is 0.500. The summed E-state index contributed by atoms with van der Waals surface area (Å²) < 4.78 is 12.5. The highest BCUT2D eigenvalue weighted by Crippen LogP contribution is 2.31. The topological polar surface area (TPSA) is 108 Å². The van der Waals surface area contributed by atoms with Gasteiger partial charge in [0.1, 0.15) is 6.61 Å². The molecule has 0 unspecified atom stereocenters. The first kappa shape index (κ1) is 14.7. The minimum absolute atomic E-state index is 0.100. The third-order valence-corrected chi connectivity index (χ3v) is 3.67. The normalized spacial score (nSPS) is 20.8. The van der Waals surface area contributed by atoms with Crippen molar-refractivity contribution in [1.82, 2.24) is 19.5 Å². The number of imidazole rings is 1. The van der Waals surface area contributed by atoms with Gasteiger partial charge in [0.2, 0.25) is 11.8 Å². The molecule has 118 valence electrons. The monoisotopic (exact) mass is 305 g/mol. The first-order valence-electron chi connectivity index (χ1n) is 7.14. The molecular formula is C14H19N5O3. The molecule has 22 heavy (non-hydrogen) atoms. The van der Waals surface area contributed by atoms with E-state index in [0.29, 0.717) is 30.3 Å². The molecule has 2 heterocycles. The summed E-state index contributed by atoms with van der Waals surface area (Å²) in [7, 11) is 1.60. The minimum atomic E-state index is 0.100. The molecular weight excluding hydrogens is 286 g/mol. The second kappa shape index (κ2) is 6.29. The average molecular weight is 305 g/mol. The molecule has 1 aliphatic rings. The summed E-state index contributed by atoms with van der Waals surface area (Å²) in [6.45, 7) is 0.961. The second-order valence-corrected chi connectivity index (χ2v) is 5.18. The summed E-state index contributed by atoms with van der Waals surface area (Å²) in [4.78, 5) is 12.7. The van der Waals surface area contributed by atoms with Gasteiger partial charge in [-0.1, -0.05) is 12.2 Å². The maximum atomic E-state index is 9.25. The quantitative estimate of drug-likeness (QED) is 0.592. The Balaban J connectivity index is 1.92. The van der Waals surface area contributed by atoms with Crippen LogP contribution in [-0.2, 0) is 4.74 Å². The molecule has 0 radical (unpaired) electrons. The van der Waals surface area contributed by atoms with Gasteiger partial charge in [-0.05, 0) is 6.42 Å². The van der Waals surface area contributed by atoms with Crippen molar-refractivity contribution >= 4 is 17.1 Å². The molecule has 2 aromatic rings. The number of aliphatic hydroxyl groups is 1. The van der Waals surface area contributed by atoms with Gasteiger partial charge in [0.25, 0.3) is 0 Å². The van der Waals surface area contributed by atoms with E-state index in [-0.39, 0.29) is 24.5 Å². The maximum absolute atomic E-state index is 9.25. The SMILES string of the molecule is COCCOc1nc(N)nc2c1ncn2[C@H]1C=C[C@H](CO)C1. The van der Waals surface area contributed by atoms with Gasteiger partial charge in [-0.2, -0.15) is 9.97 Å². The fourth-order valence-electron chi connectivity index (χ4n) is 2.57. The third kappa shape index (κ3) is 2.75. The van der Waals surface area contributed by atoms with Crippen molar-refractivity contribution in [3.8, 4) is 5.88 Å². The van der Waals surface area contributed by atoms with Gasteiger partial charge in [-0.25, -0.2) is 4.98 Å². The number of rotatable bonds is 6. The maximum Gasteiger partial charge on any atom is 0.247 e. The van der Waals surface area contributed by atoms with Gasteiger partial charge >= 0.3 is 0 Å². The number of hydrogen-bond donors (Lipinski definition) is 2. The summed E-state index contributed by atoms with van der Waals surface area (Å²) >= 11 is 0. The van der Waals surface area contributed by atoms with Crippen LogP contribution in [0.3, 0.4) is 0 Å². The van der Waals surface area contributed by atoms with Crippen LogP contribution in [0.2, 0.25) is 0 Å². The van der Waals surface area contributed by atoms with E-state index in [9.17, 15) is 5.11 Å². The predicted octanol–water partition coefficient (Wildman–Crippen LogP) is 0.543. The summed E-state index contributed by atoms with van der Waals surface area (Å²) in [5.74, 6) is 0.667. The molecule has 8 nitrogen and oxygen atoms in total. The molecule has 3 rings (SSSR count). The second-order valence-electron chi connectivity index (χ2n) is 5.18. The van der Waals surface area contributed by atoms with Crippen LogP contribution in [0.1, 0.15) is 12.5 Å². The van der Waals surface area contributed by atoms with Gasteiger partial charge in [0.05, 0.1) is 19.0 Å². The molecule has 3 N–H and O–H groups in total. The number of fused-ring (bicyclic) bond motifs is 1. The third-order valence-electron chi connectivity index (χ3n) is 3.67. The number of aliphatic hydroxyl groups excluding tert-OH is 1. The Hall–Kier alpha value is -2.19. The van der Waals surface area contributed by atoms with Crippen LogP contribution in [0.25, 0.3) is 11.2 Å². The number of methoxy groups -OCH3 is 1. The van der Waals surface area contributed by atoms with Crippen LogP contribution in [0.15, 0.2) is 18.5 Å². The molecule has 0 spiro atoms. The molecule has 0 bridgehead atoms. The lowest BCUT2D eigenvalue weighted by atomic mass is 10.1. The van der Waals surface area contributed by atoms with E-state index in [2.05, 4.69) is 15.0 Å². The lowest BCUT2D eigenvalue weighted by Crippen LogP contribution is -2.10. The van der Waals surface area contributed by atoms with E-state index in [1.54, 1.807) is 13.4 Å². The van der Waals surface area contributed by atoms with Crippen LogP contribution in [0.5, 0.6) is 5.88 Å². The van der Waals surface area contributed by atoms with Crippen LogP contribution >= 0.6 is 0 Å². The zero-order valence-electron chi connectivity index (χ0n) is 12.3. The predicted molar refractivity (Wildman–Crippen MR) is 80.5 cm³/mol. The first-order valence-corrected chi connectivity index (χ1v) is 7.14. The lowest BCUT2D eigenvalue weighted by molar-refractivity contribution is 0.144. The number of allylic oxidation sites excluding steroid dienone is 1. The standard InChI is InChI=1S/C14H19N5O3/c1-21-4-5-22-13-11-12(17-14(15)18-13)19(8-16-11)10-3-2-9(6-10)7-20/h2-3,8-10,20H,4-7H2,1H3,(H2,15,17,18)/t9-,10-/m0/s1. The highest BCUT2D eigenvalue weighted by Gasteiger charge is 2.23. The Labute approximate surface area is 127 Å². The summed E-state index contributed by atoms with van der Waals surface area (Å²) in [5, 5.41) is 9.25. The summed E-state index contributed by atoms with van der Waals surface area (Å²) in [6.07, 6.45) is 6.57. The van der Waals surface area contributed by atoms with Crippen molar-refractivity contribution in [2.45, 2.75) is 12.5 Å². The van der Waals surface area contributed by atoms with E-state index in [1.807, 2.05) is 16.7 Å². The number of hydrogen-bond acceptors (Lipinski definition) is 7. The van der Waals surface area contributed by atoms with Gasteiger partial charge in [-0.3, -0.25) is 0 Å². The largest absolute Gasteiger partial charge is 0.474 e. The van der Waals surface area contributed by atoms with Crippen LogP contribution in [0, 0.1) is 5.92 Å². The molecule has 0 fully saturated rings. The van der Waals surface area contributed by atoms with Gasteiger partial charge in [0, 0.05) is 19.6 Å². The molecule has 0 saturated heterocycles. The molecule has 2 aromatic heterocycles. The highest BCUT2D eigenvalue weighted by molar-refractivity contribution is 5.77. The number of aromatic nitrogens is 4. The average Bonchev–Trinajstić information content (AvgIpc) is 3.13. The van der Waals surface area contributed by atoms with E-state index in [1.165, 1.54) is 0 Å². The van der Waals surface area contributed by atoms with Crippen molar-refractivity contribution in [3.05, 3.63) is 18.5 Å². The van der Waals surface area contributed by atoms with Crippen molar-refractivity contribution in [1.29, 1.82) is 0 Å². The number of nitrogens with two attached hydrogens (primary N) is 1. The van der Waals surface area contributed by atoms with Crippen LogP contribution in [0.4, 0.5) is 5.95 Å². The molecule has 1 aliphatic carbocycles. The van der Waals surface area contributed by atoms with Gasteiger partial charge < -0.3 is 24.9 Å². The van der Waals surface area contributed by atoms with E-state index < -0.39 is 0 Å². The van der Waals surface area contributed by atoms with Crippen molar-refractivity contribution in [2.24, 2.45) is 5.92 Å². The van der Waals surface area contributed by atoms with Crippen LogP contribution < -0.4 is 10.5 Å². The van der Waals surface area contributed by atoms with Crippen molar-refractivity contribution in [3.63, 3.8) is 0 Å². The highest BCUT2D eigenvalue weighted by atomic mass is 16.5. The van der Waals surface area contributed by atoms with E-state index in [4.69, 9.17) is 15.2 Å². The molecule has 0 amide bonds. The summed E-state index contributed by atoms with van der Waals surface area (Å²) in [5.41, 5.74) is 6.98. The summed E-state index contributed by atoms with van der Waals surface area (Å²) in [6, 6.07) is 0.100. The first-order chi connectivity index (χ1) is 10.7. The van der Waals surface area contributed by atoms with Crippen molar-refractivity contribution in [2.75, 3.05) is 32.7 Å². The molecule has 0 saturated carbocycles. The fourth-order valence-corrected chi connectivity index (χ4v) is 2.57. The van der Waals surface area contributed by atoms with Gasteiger partial charge in [0.15, 0.2) is 11.2 Å². The molecule has 0 aromatic carbocycles. The Morgan fingerprint density at radius 1 is 1.36 bits per heavy atom. The van der Waals surface area contributed by atoms with Gasteiger partial charge in [-0.15, -0.1) is 0 Å². The smallest absolute Gasteiger partial charge is 0.247 e. The Bertz CT molecular complexity index is 684. The lowest BCUT2D eigenvalue weighted by Gasteiger charge is -2.13. The Morgan fingerprint density at radius 2 is 2.23 bits per heavy atom. The number of ether oxygens (including phenoxy) is 2. The Kier molecular flexibility index (Phi) is 4.21.